The summed E-state index contributed by atoms with van der Waals surface area (Å²) >= 11 is 11.5. The maximum atomic E-state index is 13.3. The smallest absolute Gasteiger partial charge is 0.243 e. The van der Waals surface area contributed by atoms with Gasteiger partial charge in [-0.3, -0.25) is 4.79 Å². The fourth-order valence-electron chi connectivity index (χ4n) is 1.44. The van der Waals surface area contributed by atoms with E-state index >= 15 is 0 Å². The van der Waals surface area contributed by atoms with Crippen LogP contribution in [-0.2, 0) is 4.79 Å². The van der Waals surface area contributed by atoms with E-state index in [1.165, 1.54) is 12.1 Å². The Hall–Kier alpha value is -1.13. The molecule has 0 saturated heterocycles. The Labute approximate surface area is 114 Å². The molecule has 3 nitrogen and oxygen atoms in total. The van der Waals surface area contributed by atoms with Crippen molar-refractivity contribution in [2.24, 2.45) is 11.0 Å². The van der Waals surface area contributed by atoms with Gasteiger partial charge in [0.2, 0.25) is 5.91 Å². The van der Waals surface area contributed by atoms with E-state index in [1.807, 2.05) is 0 Å². The zero-order chi connectivity index (χ0) is 13.3. The van der Waals surface area contributed by atoms with Gasteiger partial charge >= 0.3 is 0 Å². The zero-order valence-corrected chi connectivity index (χ0v) is 11.1. The van der Waals surface area contributed by atoms with E-state index < -0.39 is 5.82 Å². The Morgan fingerprint density at radius 3 is 2.67 bits per heavy atom. The summed E-state index contributed by atoms with van der Waals surface area (Å²) in [6.45, 7) is 1.64. The van der Waals surface area contributed by atoms with Crippen LogP contribution in [0, 0.1) is 11.7 Å². The fourth-order valence-corrected chi connectivity index (χ4v) is 1.96. The first-order valence-corrected chi connectivity index (χ1v) is 6.23. The summed E-state index contributed by atoms with van der Waals surface area (Å²) in [5.74, 6) is -0.613. The van der Waals surface area contributed by atoms with Gasteiger partial charge in [-0.15, -0.1) is 0 Å². The van der Waals surface area contributed by atoms with Crippen LogP contribution in [0.2, 0.25) is 10.0 Å². The van der Waals surface area contributed by atoms with Gasteiger partial charge in [0.05, 0.1) is 15.8 Å². The van der Waals surface area contributed by atoms with Crippen LogP contribution >= 0.6 is 23.2 Å². The molecule has 1 fully saturated rings. The van der Waals surface area contributed by atoms with Crippen molar-refractivity contribution < 1.29 is 9.18 Å². The third-order valence-electron chi connectivity index (χ3n) is 2.68. The zero-order valence-electron chi connectivity index (χ0n) is 9.64. The molecule has 96 valence electrons. The predicted octanol–water partition coefficient (Wildman–Crippen LogP) is 3.38. The Morgan fingerprint density at radius 2 is 2.06 bits per heavy atom. The van der Waals surface area contributed by atoms with Crippen molar-refractivity contribution >= 4 is 34.8 Å². The molecule has 1 aromatic carbocycles. The van der Waals surface area contributed by atoms with Crippen LogP contribution in [0.5, 0.6) is 0 Å². The Balaban J connectivity index is 2.16. The first-order valence-electron chi connectivity index (χ1n) is 5.48. The summed E-state index contributed by atoms with van der Waals surface area (Å²) < 4.78 is 13.3. The van der Waals surface area contributed by atoms with Gasteiger partial charge in [0.25, 0.3) is 0 Å². The molecular weight excluding hydrogens is 278 g/mol. The highest BCUT2D eigenvalue weighted by atomic mass is 35.5. The van der Waals surface area contributed by atoms with E-state index in [0.29, 0.717) is 16.3 Å². The summed E-state index contributed by atoms with van der Waals surface area (Å²) in [6.07, 6.45) is 1.80. The summed E-state index contributed by atoms with van der Waals surface area (Å²) in [5.41, 5.74) is 3.29. The van der Waals surface area contributed by atoms with Crippen molar-refractivity contribution in [3.05, 3.63) is 33.6 Å². The summed E-state index contributed by atoms with van der Waals surface area (Å²) in [4.78, 5) is 11.4. The molecule has 1 aromatic rings. The highest BCUT2D eigenvalue weighted by molar-refractivity contribution is 6.37. The molecule has 1 N–H and O–H groups in total. The highest BCUT2D eigenvalue weighted by Gasteiger charge is 2.29. The lowest BCUT2D eigenvalue weighted by Crippen LogP contribution is -2.20. The van der Waals surface area contributed by atoms with Gasteiger partial charge in [-0.05, 0) is 31.9 Å². The third-order valence-corrected chi connectivity index (χ3v) is 3.28. The second-order valence-electron chi connectivity index (χ2n) is 4.19. The van der Waals surface area contributed by atoms with Crippen molar-refractivity contribution in [2.75, 3.05) is 0 Å². The van der Waals surface area contributed by atoms with E-state index in [-0.39, 0.29) is 16.8 Å². The first-order chi connectivity index (χ1) is 8.49. The molecule has 1 amide bonds. The molecule has 6 heteroatoms. The van der Waals surface area contributed by atoms with E-state index in [9.17, 15) is 9.18 Å². The number of hydrazone groups is 1. The molecule has 0 bridgehead atoms. The Kier molecular flexibility index (Phi) is 3.88. The molecule has 1 saturated carbocycles. The van der Waals surface area contributed by atoms with Crippen LogP contribution < -0.4 is 5.43 Å². The number of hydrogen-bond donors (Lipinski definition) is 1. The van der Waals surface area contributed by atoms with Crippen molar-refractivity contribution in [3.63, 3.8) is 0 Å². The fraction of sp³-hybridized carbons (Fsp3) is 0.333. The van der Waals surface area contributed by atoms with Gasteiger partial charge in [-0.25, -0.2) is 9.82 Å². The van der Waals surface area contributed by atoms with Gasteiger partial charge in [0, 0.05) is 11.5 Å². The maximum Gasteiger partial charge on any atom is 0.243 e. The molecule has 0 spiro atoms. The van der Waals surface area contributed by atoms with Crippen LogP contribution in [-0.4, -0.2) is 11.6 Å². The Bertz CT molecular complexity index is 527. The van der Waals surface area contributed by atoms with Crippen LogP contribution in [0.25, 0.3) is 0 Å². The molecule has 2 rings (SSSR count). The monoisotopic (exact) mass is 288 g/mol. The van der Waals surface area contributed by atoms with Gasteiger partial charge < -0.3 is 0 Å². The van der Waals surface area contributed by atoms with E-state index in [1.54, 1.807) is 6.92 Å². The van der Waals surface area contributed by atoms with E-state index in [4.69, 9.17) is 23.2 Å². The summed E-state index contributed by atoms with van der Waals surface area (Å²) in [6, 6.07) is 2.52. The lowest BCUT2D eigenvalue weighted by atomic mass is 10.1. The van der Waals surface area contributed by atoms with Crippen molar-refractivity contribution in [1.29, 1.82) is 0 Å². The minimum absolute atomic E-state index is 0.0430. The first kappa shape index (κ1) is 13.3. The van der Waals surface area contributed by atoms with Gasteiger partial charge in [0.1, 0.15) is 5.82 Å². The molecule has 1 aliphatic carbocycles. The number of carbonyl (C=O) groups is 1. The second kappa shape index (κ2) is 5.24. The second-order valence-corrected chi connectivity index (χ2v) is 5.01. The molecule has 0 unspecified atom stereocenters. The standard InChI is InChI=1S/C12H11Cl2FN2O/c1-6(16-17-12(18)7-2-3-7)8-4-11(15)10(14)5-9(8)13/h4-5,7H,2-3H2,1H3,(H,17,18)/b16-6-. The summed E-state index contributed by atoms with van der Waals surface area (Å²) in [7, 11) is 0. The molecule has 0 aliphatic heterocycles. The quantitative estimate of drug-likeness (QED) is 0.517. The van der Waals surface area contributed by atoms with E-state index in [0.717, 1.165) is 12.8 Å². The van der Waals surface area contributed by atoms with Gasteiger partial charge in [-0.1, -0.05) is 23.2 Å². The maximum absolute atomic E-state index is 13.3. The largest absolute Gasteiger partial charge is 0.273 e. The Morgan fingerprint density at radius 1 is 1.39 bits per heavy atom. The topological polar surface area (TPSA) is 41.5 Å². The summed E-state index contributed by atoms with van der Waals surface area (Å²) in [5, 5.41) is 4.16. The number of rotatable bonds is 3. The van der Waals surface area contributed by atoms with Crippen molar-refractivity contribution in [1.82, 2.24) is 5.43 Å². The number of benzene rings is 1. The molecule has 0 radical (unpaired) electrons. The molecule has 18 heavy (non-hydrogen) atoms. The predicted molar refractivity (Wildman–Crippen MR) is 69.5 cm³/mol. The van der Waals surface area contributed by atoms with Crippen LogP contribution in [0.4, 0.5) is 4.39 Å². The SMILES string of the molecule is C/C(=N/NC(=O)C1CC1)c1cc(F)c(Cl)cc1Cl. The number of nitrogens with one attached hydrogen (secondary N) is 1. The van der Waals surface area contributed by atoms with Crippen LogP contribution in [0.1, 0.15) is 25.3 Å². The third kappa shape index (κ3) is 3.00. The lowest BCUT2D eigenvalue weighted by molar-refractivity contribution is -0.122. The van der Waals surface area contributed by atoms with Gasteiger partial charge in [0.15, 0.2) is 0 Å². The minimum Gasteiger partial charge on any atom is -0.273 e. The van der Waals surface area contributed by atoms with Crippen molar-refractivity contribution in [2.45, 2.75) is 19.8 Å². The number of carbonyl (C=O) groups excluding carboxylic acids is 1. The van der Waals surface area contributed by atoms with Crippen molar-refractivity contribution in [3.8, 4) is 0 Å². The average Bonchev–Trinajstić information content (AvgIpc) is 3.14. The molecular formula is C12H11Cl2FN2O. The van der Waals surface area contributed by atoms with E-state index in [2.05, 4.69) is 10.5 Å². The van der Waals surface area contributed by atoms with Crippen LogP contribution in [0.3, 0.4) is 0 Å². The van der Waals surface area contributed by atoms with Crippen LogP contribution in [0.15, 0.2) is 17.2 Å². The number of halogens is 3. The van der Waals surface area contributed by atoms with Gasteiger partial charge in [-0.2, -0.15) is 5.10 Å². The normalized spacial score (nSPS) is 15.7. The molecule has 0 atom stereocenters. The number of nitrogens with zero attached hydrogens (tertiary/aromatic N) is 1. The molecule has 0 heterocycles. The molecule has 0 aromatic heterocycles. The highest BCUT2D eigenvalue weighted by Crippen LogP contribution is 2.29. The number of hydrogen-bond acceptors (Lipinski definition) is 2. The minimum atomic E-state index is -0.570. The number of amides is 1. The lowest BCUT2D eigenvalue weighted by Gasteiger charge is -2.06. The molecule has 1 aliphatic rings. The average molecular weight is 289 g/mol.